The second-order valence-electron chi connectivity index (χ2n) is 12.3. The number of pyridine rings is 1. The molecular formula is C33H33ClF6N4O4S. The zero-order valence-electron chi connectivity index (χ0n) is 26.2. The second-order valence-corrected chi connectivity index (χ2v) is 13.7. The quantitative estimate of drug-likeness (QED) is 0.257. The summed E-state index contributed by atoms with van der Waals surface area (Å²) in [6, 6.07) is 5.74. The van der Waals surface area contributed by atoms with Crippen molar-refractivity contribution in [1.29, 1.82) is 0 Å². The predicted molar refractivity (Wildman–Crippen MR) is 168 cm³/mol. The van der Waals surface area contributed by atoms with Gasteiger partial charge in [-0.2, -0.15) is 26.3 Å². The third-order valence-electron chi connectivity index (χ3n) is 9.29. The first-order valence-corrected chi connectivity index (χ1v) is 17.1. The number of piperidine rings is 1. The fraction of sp³-hybridized carbons (Fsp3) is 0.485. The number of morpholine rings is 1. The molecule has 1 aromatic carbocycles. The van der Waals surface area contributed by atoms with Gasteiger partial charge in [-0.1, -0.05) is 17.7 Å². The Morgan fingerprint density at radius 1 is 1.02 bits per heavy atom. The Kier molecular flexibility index (Phi) is 10.2. The number of ether oxygens (including phenoxy) is 2. The number of alkyl halides is 6. The second kappa shape index (κ2) is 14.1. The fourth-order valence-electron chi connectivity index (χ4n) is 6.92. The van der Waals surface area contributed by atoms with Gasteiger partial charge in [0.05, 0.1) is 30.4 Å². The van der Waals surface area contributed by atoms with Gasteiger partial charge in [0.25, 0.3) is 11.8 Å². The molecular weight excluding hydrogens is 698 g/mol. The summed E-state index contributed by atoms with van der Waals surface area (Å²) in [5.41, 5.74) is -2.03. The topological polar surface area (TPSA) is 75.2 Å². The van der Waals surface area contributed by atoms with E-state index in [1.165, 1.54) is 9.80 Å². The standard InChI is InChI=1S/C33H33ClF6N4O4S/c34-23-3-2-21-5-11-43(19-22(21)16-23)30(46)31(48-24-17-28(49-20-24)33(38,39)40)7-1-9-44(27(31)6-10-42-12-14-47-15-13-42)29(45)25-18-41-8-4-26(25)32(35,36)37/h2-4,8,16-18,20,27H,1,5-7,9-15,19H2/t27-,31+/m1/s1. The van der Waals surface area contributed by atoms with Crippen LogP contribution >= 0.6 is 22.9 Å². The third kappa shape index (κ3) is 7.54. The molecule has 0 unspecified atom stereocenters. The van der Waals surface area contributed by atoms with E-state index in [0.717, 1.165) is 41.0 Å². The number of benzene rings is 1. The van der Waals surface area contributed by atoms with Crippen LogP contribution in [0, 0.1) is 0 Å². The van der Waals surface area contributed by atoms with Crippen molar-refractivity contribution < 1.29 is 45.4 Å². The molecule has 264 valence electrons. The highest BCUT2D eigenvalue weighted by Crippen LogP contribution is 2.43. The number of likely N-dealkylation sites (tertiary alicyclic amines) is 1. The summed E-state index contributed by atoms with van der Waals surface area (Å²) in [5.74, 6) is -1.77. The first kappa shape index (κ1) is 35.4. The van der Waals surface area contributed by atoms with Gasteiger partial charge >= 0.3 is 12.4 Å². The Balaban J connectivity index is 1.44. The van der Waals surface area contributed by atoms with Crippen molar-refractivity contribution in [1.82, 2.24) is 19.7 Å². The number of aromatic nitrogens is 1. The molecule has 2 atom stereocenters. The van der Waals surface area contributed by atoms with Gasteiger partial charge < -0.3 is 19.3 Å². The zero-order valence-corrected chi connectivity index (χ0v) is 27.7. The first-order valence-electron chi connectivity index (χ1n) is 15.8. The van der Waals surface area contributed by atoms with Gasteiger partial charge in [-0.3, -0.25) is 19.5 Å². The summed E-state index contributed by atoms with van der Waals surface area (Å²) < 4.78 is 95.3. The van der Waals surface area contributed by atoms with Crippen molar-refractivity contribution in [3.8, 4) is 5.75 Å². The lowest BCUT2D eigenvalue weighted by Gasteiger charge is -2.50. The Morgan fingerprint density at radius 3 is 2.51 bits per heavy atom. The number of thiophene rings is 1. The number of amides is 2. The highest BCUT2D eigenvalue weighted by molar-refractivity contribution is 7.10. The monoisotopic (exact) mass is 730 g/mol. The molecule has 0 saturated carbocycles. The van der Waals surface area contributed by atoms with E-state index in [1.54, 1.807) is 12.1 Å². The van der Waals surface area contributed by atoms with Gasteiger partial charge in [0.2, 0.25) is 5.60 Å². The number of halogens is 7. The van der Waals surface area contributed by atoms with E-state index < -0.39 is 51.8 Å². The Labute approximate surface area is 287 Å². The maximum atomic E-state index is 15.0. The van der Waals surface area contributed by atoms with Crippen LogP contribution in [0.3, 0.4) is 0 Å². The SMILES string of the molecule is O=C(c1cnccc1C(F)(F)F)N1CCC[C@@](Oc2csc(C(F)(F)F)c2)(C(=O)N2CCc3ccc(Cl)cc3C2)[C@H]1CCN1CCOCC1. The van der Waals surface area contributed by atoms with Crippen LogP contribution in [0.15, 0.2) is 48.1 Å². The van der Waals surface area contributed by atoms with Gasteiger partial charge in [-0.05, 0) is 48.6 Å². The molecule has 2 fully saturated rings. The van der Waals surface area contributed by atoms with Crippen molar-refractivity contribution in [2.24, 2.45) is 0 Å². The van der Waals surface area contributed by atoms with Crippen LogP contribution in [-0.4, -0.2) is 89.1 Å². The molecule has 49 heavy (non-hydrogen) atoms. The zero-order chi connectivity index (χ0) is 35.0. The van der Waals surface area contributed by atoms with Crippen LogP contribution in [0.25, 0.3) is 0 Å². The predicted octanol–water partition coefficient (Wildman–Crippen LogP) is 6.56. The minimum Gasteiger partial charge on any atom is -0.474 e. The van der Waals surface area contributed by atoms with E-state index in [1.807, 2.05) is 11.0 Å². The van der Waals surface area contributed by atoms with E-state index in [-0.39, 0.29) is 44.6 Å². The molecule has 16 heteroatoms. The molecule has 2 aromatic heterocycles. The van der Waals surface area contributed by atoms with Gasteiger partial charge in [0.15, 0.2) is 0 Å². The number of fused-ring (bicyclic) bond motifs is 1. The van der Waals surface area contributed by atoms with Crippen LogP contribution in [0.5, 0.6) is 5.75 Å². The molecule has 3 aliphatic rings. The third-order valence-corrected chi connectivity index (χ3v) is 10.5. The van der Waals surface area contributed by atoms with Crippen LogP contribution in [0.2, 0.25) is 5.02 Å². The molecule has 6 rings (SSSR count). The fourth-order valence-corrected chi connectivity index (χ4v) is 7.80. The molecule has 3 aliphatic heterocycles. The van der Waals surface area contributed by atoms with Crippen LogP contribution in [-0.2, 0) is 34.8 Å². The lowest BCUT2D eigenvalue weighted by Crippen LogP contribution is -2.68. The number of hydrogen-bond donors (Lipinski definition) is 0. The Hall–Kier alpha value is -3.40. The Morgan fingerprint density at radius 2 is 1.80 bits per heavy atom. The van der Waals surface area contributed by atoms with E-state index >= 15 is 0 Å². The van der Waals surface area contributed by atoms with Crippen LogP contribution in [0.4, 0.5) is 26.3 Å². The summed E-state index contributed by atoms with van der Waals surface area (Å²) in [4.78, 5) is 36.8. The normalized spacial score (nSPS) is 22.1. The minimum atomic E-state index is -4.87. The highest BCUT2D eigenvalue weighted by Gasteiger charge is 2.56. The maximum absolute atomic E-state index is 15.0. The van der Waals surface area contributed by atoms with Crippen molar-refractivity contribution in [2.75, 3.05) is 45.9 Å². The van der Waals surface area contributed by atoms with Gasteiger partial charge in [-0.25, -0.2) is 0 Å². The molecule has 5 heterocycles. The summed E-state index contributed by atoms with van der Waals surface area (Å²) in [6.07, 6.45) is -7.04. The average molecular weight is 731 g/mol. The van der Waals surface area contributed by atoms with Crippen LogP contribution in [0.1, 0.15) is 51.2 Å². The molecule has 8 nitrogen and oxygen atoms in total. The summed E-state index contributed by atoms with van der Waals surface area (Å²) in [6.45, 7) is 2.69. The molecule has 3 aromatic rings. The largest absolute Gasteiger partial charge is 0.474 e. The van der Waals surface area contributed by atoms with Crippen molar-refractivity contribution in [2.45, 2.75) is 56.2 Å². The number of carbonyl (C=O) groups excluding carboxylic acids is 2. The smallest absolute Gasteiger partial charge is 0.425 e. The average Bonchev–Trinajstić information content (AvgIpc) is 3.56. The number of carbonyl (C=O) groups is 2. The van der Waals surface area contributed by atoms with E-state index in [0.29, 0.717) is 55.6 Å². The van der Waals surface area contributed by atoms with Gasteiger partial charge in [0.1, 0.15) is 10.6 Å². The lowest BCUT2D eigenvalue weighted by atomic mass is 9.79. The van der Waals surface area contributed by atoms with E-state index in [2.05, 4.69) is 4.98 Å². The molecule has 0 bridgehead atoms. The summed E-state index contributed by atoms with van der Waals surface area (Å²) in [7, 11) is 0. The number of hydrogen-bond acceptors (Lipinski definition) is 7. The summed E-state index contributed by atoms with van der Waals surface area (Å²) >= 11 is 6.66. The van der Waals surface area contributed by atoms with Crippen molar-refractivity contribution in [3.05, 3.63) is 80.3 Å². The molecule has 2 amide bonds. The van der Waals surface area contributed by atoms with E-state index in [9.17, 15) is 35.9 Å². The maximum Gasteiger partial charge on any atom is 0.425 e. The Bertz CT molecular complexity index is 1680. The van der Waals surface area contributed by atoms with E-state index in [4.69, 9.17) is 21.1 Å². The van der Waals surface area contributed by atoms with Crippen molar-refractivity contribution >= 4 is 34.8 Å². The first-order chi connectivity index (χ1) is 23.3. The molecule has 2 saturated heterocycles. The summed E-state index contributed by atoms with van der Waals surface area (Å²) in [5, 5.41) is 1.62. The number of rotatable bonds is 7. The molecule has 0 spiro atoms. The molecule has 0 aliphatic carbocycles. The van der Waals surface area contributed by atoms with Gasteiger partial charge in [0, 0.05) is 74.6 Å². The number of nitrogens with zero attached hydrogens (tertiary/aromatic N) is 4. The van der Waals surface area contributed by atoms with Gasteiger partial charge in [-0.15, -0.1) is 11.3 Å². The van der Waals surface area contributed by atoms with Crippen LogP contribution < -0.4 is 4.74 Å². The molecule has 0 N–H and O–H groups in total. The highest BCUT2D eigenvalue weighted by atomic mass is 35.5. The minimum absolute atomic E-state index is 0.00687. The molecule has 0 radical (unpaired) electrons. The van der Waals surface area contributed by atoms with Crippen molar-refractivity contribution in [3.63, 3.8) is 0 Å². The lowest BCUT2D eigenvalue weighted by molar-refractivity contribution is -0.160.